The van der Waals surface area contributed by atoms with Gasteiger partial charge in [-0.15, -0.1) is 24.8 Å². The summed E-state index contributed by atoms with van der Waals surface area (Å²) in [6.45, 7) is 6.60. The van der Waals surface area contributed by atoms with E-state index in [-0.39, 0.29) is 30.9 Å². The first-order chi connectivity index (χ1) is 10.4. The lowest BCUT2D eigenvalue weighted by atomic mass is 9.94. The van der Waals surface area contributed by atoms with Gasteiger partial charge in [0.2, 0.25) is 0 Å². The monoisotopic (exact) mass is 390 g/mol. The fraction of sp³-hybridized carbons (Fsp3) is 0.625. The fourth-order valence-electron chi connectivity index (χ4n) is 2.88. The molecule has 0 spiro atoms. The van der Waals surface area contributed by atoms with E-state index in [0.29, 0.717) is 38.5 Å². The molecule has 0 amide bonds. The highest BCUT2D eigenvalue weighted by molar-refractivity contribution is 5.85. The molecule has 0 saturated carbocycles. The predicted octanol–water partition coefficient (Wildman–Crippen LogP) is 4.47. The smallest absolute Gasteiger partial charge is 0.166 e. The summed E-state index contributed by atoms with van der Waals surface area (Å²) >= 11 is 0. The minimum absolute atomic E-state index is 0. The fourth-order valence-corrected chi connectivity index (χ4v) is 2.88. The summed E-state index contributed by atoms with van der Waals surface area (Å²) in [5, 5.41) is 3.16. The van der Waals surface area contributed by atoms with Crippen LogP contribution in [0.2, 0.25) is 0 Å². The van der Waals surface area contributed by atoms with Crippen molar-refractivity contribution in [1.82, 2.24) is 10.2 Å². The van der Waals surface area contributed by atoms with Crippen molar-refractivity contribution >= 4 is 24.8 Å². The first kappa shape index (κ1) is 23.4. The Balaban J connectivity index is 0.00000264. The van der Waals surface area contributed by atoms with E-state index >= 15 is 0 Å². The van der Waals surface area contributed by atoms with Gasteiger partial charge in [-0.3, -0.25) is 4.90 Å². The lowest BCUT2D eigenvalue weighted by Gasteiger charge is -2.36. The van der Waals surface area contributed by atoms with Crippen LogP contribution in [0.15, 0.2) is 6.07 Å². The average molecular weight is 391 g/mol. The molecule has 1 N–H and O–H groups in total. The van der Waals surface area contributed by atoms with E-state index in [2.05, 4.69) is 5.32 Å². The number of hydrogen-bond acceptors (Lipinski definition) is 2. The number of hydrogen-bond donors (Lipinski definition) is 1. The molecule has 8 heteroatoms. The maximum absolute atomic E-state index is 14.1. The number of benzene rings is 1. The van der Waals surface area contributed by atoms with Crippen LogP contribution in [0.5, 0.6) is 0 Å². The summed E-state index contributed by atoms with van der Waals surface area (Å²) in [7, 11) is 0. The highest BCUT2D eigenvalue weighted by Crippen LogP contribution is 2.33. The normalized spacial score (nSPS) is 16.5. The van der Waals surface area contributed by atoms with E-state index in [1.54, 1.807) is 0 Å². The van der Waals surface area contributed by atoms with Gasteiger partial charge >= 0.3 is 0 Å². The summed E-state index contributed by atoms with van der Waals surface area (Å²) in [4.78, 5) is 1.90. The zero-order valence-corrected chi connectivity index (χ0v) is 15.4. The molecule has 0 radical (unpaired) electrons. The van der Waals surface area contributed by atoms with Crippen LogP contribution in [0.4, 0.5) is 17.6 Å². The van der Waals surface area contributed by atoms with Crippen LogP contribution in [0.1, 0.15) is 38.3 Å². The van der Waals surface area contributed by atoms with Crippen molar-refractivity contribution in [2.75, 3.05) is 26.2 Å². The Hall–Kier alpha value is -0.560. The van der Waals surface area contributed by atoms with E-state index in [9.17, 15) is 17.6 Å². The molecule has 1 fully saturated rings. The highest BCUT2D eigenvalue weighted by Gasteiger charge is 2.30. The quantitative estimate of drug-likeness (QED) is 0.589. The second-order valence-corrected chi connectivity index (χ2v) is 6.15. The Bertz CT molecular complexity index is 497. The number of nitrogens with zero attached hydrogens (tertiary/aromatic N) is 1. The lowest BCUT2D eigenvalue weighted by molar-refractivity contribution is 0.151. The molecule has 0 aliphatic carbocycles. The molecule has 1 aliphatic rings. The summed E-state index contributed by atoms with van der Waals surface area (Å²) in [5.41, 5.74) is -0.472. The second-order valence-electron chi connectivity index (χ2n) is 6.15. The zero-order valence-electron chi connectivity index (χ0n) is 13.8. The van der Waals surface area contributed by atoms with Gasteiger partial charge in [0.15, 0.2) is 23.3 Å². The maximum atomic E-state index is 14.1. The Morgan fingerprint density at radius 2 is 1.46 bits per heavy atom. The molecule has 1 heterocycles. The Morgan fingerprint density at radius 1 is 0.958 bits per heavy atom. The van der Waals surface area contributed by atoms with Gasteiger partial charge in [-0.2, -0.15) is 0 Å². The molecule has 0 aromatic heterocycles. The molecule has 2 rings (SSSR count). The second kappa shape index (κ2) is 10.4. The lowest BCUT2D eigenvalue weighted by Crippen LogP contribution is -2.45. The summed E-state index contributed by atoms with van der Waals surface area (Å²) in [5.74, 6) is -4.87. The van der Waals surface area contributed by atoms with E-state index in [0.717, 1.165) is 6.42 Å². The average Bonchev–Trinajstić information content (AvgIpc) is 2.49. The van der Waals surface area contributed by atoms with Crippen LogP contribution in [-0.2, 0) is 0 Å². The van der Waals surface area contributed by atoms with Crippen molar-refractivity contribution in [1.29, 1.82) is 0 Å². The molecular formula is C16H24Cl2F4N2. The van der Waals surface area contributed by atoms with Crippen LogP contribution in [-0.4, -0.2) is 31.1 Å². The SMILES string of the molecule is CC(C)CC[C@@H](c1c(F)c(F)cc(F)c1F)N1CCNCC1.Cl.Cl. The number of piperazine rings is 1. The topological polar surface area (TPSA) is 15.3 Å². The molecule has 0 unspecified atom stereocenters. The van der Waals surface area contributed by atoms with Gasteiger partial charge in [-0.1, -0.05) is 13.8 Å². The van der Waals surface area contributed by atoms with Gasteiger partial charge in [-0.25, -0.2) is 17.6 Å². The third kappa shape index (κ3) is 5.48. The van der Waals surface area contributed by atoms with Crippen molar-refractivity contribution in [2.24, 2.45) is 5.92 Å². The summed E-state index contributed by atoms with van der Waals surface area (Å²) in [6.07, 6.45) is 1.19. The van der Waals surface area contributed by atoms with Crippen molar-refractivity contribution in [3.8, 4) is 0 Å². The van der Waals surface area contributed by atoms with Gasteiger partial charge in [0.05, 0.1) is 0 Å². The molecule has 1 saturated heterocycles. The number of halogens is 6. The minimum Gasteiger partial charge on any atom is -0.314 e. The maximum Gasteiger partial charge on any atom is 0.166 e. The van der Waals surface area contributed by atoms with Crippen molar-refractivity contribution in [2.45, 2.75) is 32.7 Å². The highest BCUT2D eigenvalue weighted by atomic mass is 35.5. The Kier molecular flexibility index (Phi) is 10.2. The molecule has 1 aromatic carbocycles. The Labute approximate surface area is 152 Å². The van der Waals surface area contributed by atoms with Crippen molar-refractivity contribution in [3.63, 3.8) is 0 Å². The van der Waals surface area contributed by atoms with Gasteiger partial charge < -0.3 is 5.32 Å². The van der Waals surface area contributed by atoms with Crippen LogP contribution in [0.25, 0.3) is 0 Å². The summed E-state index contributed by atoms with van der Waals surface area (Å²) in [6, 6.07) is -0.375. The third-order valence-electron chi connectivity index (χ3n) is 4.09. The Morgan fingerprint density at radius 3 is 1.92 bits per heavy atom. The van der Waals surface area contributed by atoms with E-state index in [1.807, 2.05) is 18.7 Å². The van der Waals surface area contributed by atoms with Crippen molar-refractivity contribution in [3.05, 3.63) is 34.9 Å². The largest absolute Gasteiger partial charge is 0.314 e. The van der Waals surface area contributed by atoms with Gasteiger partial charge in [0, 0.05) is 43.9 Å². The molecule has 140 valence electrons. The standard InChI is InChI=1S/C16H22F4N2.2ClH/c1-10(2)3-4-13(22-7-5-21-6-8-22)14-15(19)11(17)9-12(18)16(14)20;;/h9-10,13,21H,3-8H2,1-2H3;2*1H/t13-;;/m0../s1. The first-order valence-electron chi connectivity index (χ1n) is 7.69. The van der Waals surface area contributed by atoms with E-state index in [4.69, 9.17) is 0 Å². The first-order valence-corrected chi connectivity index (χ1v) is 7.69. The van der Waals surface area contributed by atoms with Crippen LogP contribution >= 0.6 is 24.8 Å². The van der Waals surface area contributed by atoms with E-state index < -0.39 is 34.9 Å². The molecule has 1 aliphatic heterocycles. The van der Waals surface area contributed by atoms with Gasteiger partial charge in [-0.05, 0) is 18.8 Å². The predicted molar refractivity (Wildman–Crippen MR) is 92.0 cm³/mol. The molecule has 2 nitrogen and oxygen atoms in total. The zero-order chi connectivity index (χ0) is 16.3. The number of rotatable bonds is 5. The molecule has 24 heavy (non-hydrogen) atoms. The van der Waals surface area contributed by atoms with Crippen LogP contribution in [0, 0.1) is 29.2 Å². The molecule has 0 bridgehead atoms. The van der Waals surface area contributed by atoms with Gasteiger partial charge in [0.25, 0.3) is 0 Å². The van der Waals surface area contributed by atoms with Crippen LogP contribution in [0.3, 0.4) is 0 Å². The minimum atomic E-state index is -1.33. The third-order valence-corrected chi connectivity index (χ3v) is 4.09. The summed E-state index contributed by atoms with van der Waals surface area (Å²) < 4.78 is 55.4. The molecule has 1 atom stereocenters. The molecule has 1 aromatic rings. The molecular weight excluding hydrogens is 367 g/mol. The van der Waals surface area contributed by atoms with Gasteiger partial charge in [0.1, 0.15) is 0 Å². The van der Waals surface area contributed by atoms with Crippen molar-refractivity contribution < 1.29 is 17.6 Å². The van der Waals surface area contributed by atoms with Crippen LogP contribution < -0.4 is 5.32 Å². The van der Waals surface area contributed by atoms with E-state index in [1.165, 1.54) is 0 Å². The number of nitrogens with one attached hydrogen (secondary N) is 1.